The van der Waals surface area contributed by atoms with E-state index in [1.807, 2.05) is 48.5 Å². The van der Waals surface area contributed by atoms with Gasteiger partial charge in [-0.3, -0.25) is 4.79 Å². The molecule has 0 heterocycles. The minimum Gasteiger partial charge on any atom is -0.289 e. The van der Waals surface area contributed by atoms with Gasteiger partial charge in [0.05, 0.1) is 4.90 Å². The smallest absolute Gasteiger partial charge is 0.261 e. The van der Waals surface area contributed by atoms with Crippen LogP contribution in [0.5, 0.6) is 0 Å². The maximum atomic E-state index is 13.0. The molecule has 0 saturated carbocycles. The number of fused-ring (bicyclic) bond motifs is 3. The highest BCUT2D eigenvalue weighted by Crippen LogP contribution is 2.32. The second-order valence-corrected chi connectivity index (χ2v) is 8.55. The second-order valence-electron chi connectivity index (χ2n) is 5.99. The standard InChI is InChI=1S/C21H13ClO3S/c22-26(24,25)16-10-11-18-19(13-16)17-9-5-4-8-15(17)12-20(18)21(23)14-6-2-1-3-7-14/h1-13H. The average Bonchev–Trinajstić information content (AvgIpc) is 2.66. The first-order valence-corrected chi connectivity index (χ1v) is 10.3. The molecule has 0 atom stereocenters. The van der Waals surface area contributed by atoms with Crippen molar-refractivity contribution in [2.75, 3.05) is 0 Å². The third-order valence-corrected chi connectivity index (χ3v) is 5.75. The summed E-state index contributed by atoms with van der Waals surface area (Å²) >= 11 is 0. The summed E-state index contributed by atoms with van der Waals surface area (Å²) in [5, 5.41) is 3.11. The molecule has 4 rings (SSSR count). The van der Waals surface area contributed by atoms with Crippen LogP contribution < -0.4 is 0 Å². The third-order valence-electron chi connectivity index (χ3n) is 4.39. The average molecular weight is 381 g/mol. The number of carbonyl (C=O) groups is 1. The first-order chi connectivity index (χ1) is 12.4. The highest BCUT2D eigenvalue weighted by atomic mass is 35.7. The lowest BCUT2D eigenvalue weighted by Crippen LogP contribution is -2.03. The Labute approximate surface area is 155 Å². The molecule has 0 unspecified atom stereocenters. The largest absolute Gasteiger partial charge is 0.289 e. The minimum atomic E-state index is -3.86. The van der Waals surface area contributed by atoms with Crippen LogP contribution in [-0.4, -0.2) is 14.2 Å². The van der Waals surface area contributed by atoms with Crippen molar-refractivity contribution >= 4 is 47.1 Å². The predicted octanol–water partition coefficient (Wildman–Crippen LogP) is 5.15. The van der Waals surface area contributed by atoms with Crippen molar-refractivity contribution in [1.82, 2.24) is 0 Å². The summed E-state index contributed by atoms with van der Waals surface area (Å²) in [5.74, 6) is -0.108. The summed E-state index contributed by atoms with van der Waals surface area (Å²) in [6.07, 6.45) is 0. The second kappa shape index (κ2) is 6.24. The number of ketones is 1. The molecule has 0 amide bonds. The van der Waals surface area contributed by atoms with E-state index in [-0.39, 0.29) is 10.7 Å². The maximum Gasteiger partial charge on any atom is 0.261 e. The fourth-order valence-electron chi connectivity index (χ4n) is 3.17. The van der Waals surface area contributed by atoms with Gasteiger partial charge in [-0.2, -0.15) is 0 Å². The number of carbonyl (C=O) groups excluding carboxylic acids is 1. The topological polar surface area (TPSA) is 51.2 Å². The fourth-order valence-corrected chi connectivity index (χ4v) is 3.94. The number of rotatable bonds is 3. The van der Waals surface area contributed by atoms with E-state index in [2.05, 4.69) is 0 Å². The van der Waals surface area contributed by atoms with Crippen molar-refractivity contribution in [2.24, 2.45) is 0 Å². The van der Waals surface area contributed by atoms with Gasteiger partial charge in [0.25, 0.3) is 9.05 Å². The molecular formula is C21H13ClO3S. The van der Waals surface area contributed by atoms with Crippen LogP contribution in [0.3, 0.4) is 0 Å². The zero-order chi connectivity index (χ0) is 18.3. The number of hydrogen-bond donors (Lipinski definition) is 0. The van der Waals surface area contributed by atoms with Crippen LogP contribution >= 0.6 is 10.7 Å². The molecule has 0 N–H and O–H groups in total. The molecule has 128 valence electrons. The monoisotopic (exact) mass is 380 g/mol. The zero-order valence-corrected chi connectivity index (χ0v) is 15.1. The predicted molar refractivity (Wildman–Crippen MR) is 104 cm³/mol. The molecule has 0 aliphatic heterocycles. The van der Waals surface area contributed by atoms with Gasteiger partial charge in [0, 0.05) is 21.8 Å². The van der Waals surface area contributed by atoms with Crippen LogP contribution in [0.25, 0.3) is 21.5 Å². The summed E-state index contributed by atoms with van der Waals surface area (Å²) in [6.45, 7) is 0. The molecule has 0 aromatic heterocycles. The molecule has 0 aliphatic rings. The molecule has 0 fully saturated rings. The van der Waals surface area contributed by atoms with E-state index in [0.29, 0.717) is 21.9 Å². The van der Waals surface area contributed by atoms with Crippen molar-refractivity contribution in [3.05, 3.63) is 90.0 Å². The van der Waals surface area contributed by atoms with Crippen LogP contribution in [0.1, 0.15) is 15.9 Å². The van der Waals surface area contributed by atoms with E-state index in [1.165, 1.54) is 12.1 Å². The summed E-state index contributed by atoms with van der Waals surface area (Å²) < 4.78 is 23.5. The Kier molecular flexibility index (Phi) is 4.02. The van der Waals surface area contributed by atoms with Crippen molar-refractivity contribution in [2.45, 2.75) is 4.90 Å². The Morgan fingerprint density at radius 1 is 0.731 bits per heavy atom. The zero-order valence-electron chi connectivity index (χ0n) is 13.5. The summed E-state index contributed by atoms with van der Waals surface area (Å²) in [4.78, 5) is 13.1. The van der Waals surface area contributed by atoms with Crippen molar-refractivity contribution < 1.29 is 13.2 Å². The van der Waals surface area contributed by atoms with Crippen LogP contribution in [0, 0.1) is 0 Å². The van der Waals surface area contributed by atoms with Gasteiger partial charge >= 0.3 is 0 Å². The Hall–Kier alpha value is -2.69. The number of halogens is 1. The minimum absolute atomic E-state index is 0.0149. The highest BCUT2D eigenvalue weighted by Gasteiger charge is 2.17. The van der Waals surface area contributed by atoms with Crippen molar-refractivity contribution in [3.8, 4) is 0 Å². The number of hydrogen-bond acceptors (Lipinski definition) is 3. The van der Waals surface area contributed by atoms with E-state index >= 15 is 0 Å². The van der Waals surface area contributed by atoms with E-state index in [0.717, 1.165) is 10.8 Å². The molecule has 0 radical (unpaired) electrons. The van der Waals surface area contributed by atoms with Crippen molar-refractivity contribution in [1.29, 1.82) is 0 Å². The normalized spacial score (nSPS) is 11.7. The van der Waals surface area contributed by atoms with Gasteiger partial charge in [0.2, 0.25) is 0 Å². The van der Waals surface area contributed by atoms with Crippen LogP contribution in [0.4, 0.5) is 0 Å². The fraction of sp³-hybridized carbons (Fsp3) is 0. The molecule has 0 aliphatic carbocycles. The molecule has 4 aromatic rings. The lowest BCUT2D eigenvalue weighted by molar-refractivity contribution is 0.104. The Morgan fingerprint density at radius 2 is 1.42 bits per heavy atom. The molecule has 0 saturated heterocycles. The van der Waals surface area contributed by atoms with Gasteiger partial charge in [0.15, 0.2) is 5.78 Å². The SMILES string of the molecule is O=C(c1ccccc1)c1cc2ccccc2c2cc(S(=O)(=O)Cl)ccc12. The Bertz CT molecular complexity index is 1260. The summed E-state index contributed by atoms with van der Waals surface area (Å²) in [6, 6.07) is 23.0. The van der Waals surface area contributed by atoms with Crippen LogP contribution in [0.2, 0.25) is 0 Å². The lowest BCUT2D eigenvalue weighted by Gasteiger charge is -2.11. The van der Waals surface area contributed by atoms with Crippen molar-refractivity contribution in [3.63, 3.8) is 0 Å². The first-order valence-electron chi connectivity index (χ1n) is 7.95. The lowest BCUT2D eigenvalue weighted by atomic mass is 9.93. The molecule has 3 nitrogen and oxygen atoms in total. The molecular weight excluding hydrogens is 368 g/mol. The quantitative estimate of drug-likeness (QED) is 0.280. The molecule has 5 heteroatoms. The van der Waals surface area contributed by atoms with Gasteiger partial charge < -0.3 is 0 Å². The Morgan fingerprint density at radius 3 is 2.15 bits per heavy atom. The van der Waals surface area contributed by atoms with Gasteiger partial charge in [-0.05, 0) is 39.7 Å². The Balaban J connectivity index is 2.08. The first kappa shape index (κ1) is 16.8. The van der Waals surface area contributed by atoms with E-state index < -0.39 is 9.05 Å². The van der Waals surface area contributed by atoms with Gasteiger partial charge in [-0.15, -0.1) is 0 Å². The van der Waals surface area contributed by atoms with Crippen LogP contribution in [-0.2, 0) is 9.05 Å². The maximum absolute atomic E-state index is 13.0. The molecule has 4 aromatic carbocycles. The molecule has 0 spiro atoms. The van der Waals surface area contributed by atoms with Gasteiger partial charge in [-0.1, -0.05) is 60.7 Å². The molecule has 26 heavy (non-hydrogen) atoms. The summed E-state index contributed by atoms with van der Waals surface area (Å²) in [5.41, 5.74) is 1.11. The van der Waals surface area contributed by atoms with E-state index in [9.17, 15) is 13.2 Å². The van der Waals surface area contributed by atoms with Crippen LogP contribution in [0.15, 0.2) is 83.8 Å². The summed E-state index contributed by atoms with van der Waals surface area (Å²) in [7, 11) is 1.65. The third kappa shape index (κ3) is 2.87. The van der Waals surface area contributed by atoms with Gasteiger partial charge in [0.1, 0.15) is 0 Å². The molecule has 0 bridgehead atoms. The van der Waals surface area contributed by atoms with E-state index in [1.54, 1.807) is 18.2 Å². The number of benzene rings is 4. The van der Waals surface area contributed by atoms with E-state index in [4.69, 9.17) is 10.7 Å². The highest BCUT2D eigenvalue weighted by molar-refractivity contribution is 8.13. The van der Waals surface area contributed by atoms with Gasteiger partial charge in [-0.25, -0.2) is 8.42 Å².